The number of aryl methyl sites for hydroxylation is 1. The molecule has 2 heteroatoms. The van der Waals surface area contributed by atoms with Gasteiger partial charge in [-0.05, 0) is 52.4 Å². The standard InChI is InChI=1S/C15H21NO/c1-12-5-4-6-14(11-12)15(13(2)17)7-9-16(3)10-8-15/h4-6,11H,7-10H2,1-3H3. The highest BCUT2D eigenvalue weighted by atomic mass is 16.1. The van der Waals surface area contributed by atoms with Gasteiger partial charge in [-0.25, -0.2) is 0 Å². The fourth-order valence-electron chi connectivity index (χ4n) is 2.79. The van der Waals surface area contributed by atoms with Crippen LogP contribution in [0.3, 0.4) is 0 Å². The summed E-state index contributed by atoms with van der Waals surface area (Å²) in [6, 6.07) is 8.44. The summed E-state index contributed by atoms with van der Waals surface area (Å²) in [6.07, 6.45) is 1.89. The molecular weight excluding hydrogens is 210 g/mol. The summed E-state index contributed by atoms with van der Waals surface area (Å²) in [7, 11) is 2.13. The van der Waals surface area contributed by atoms with E-state index in [4.69, 9.17) is 0 Å². The van der Waals surface area contributed by atoms with Gasteiger partial charge in [0.15, 0.2) is 0 Å². The first-order chi connectivity index (χ1) is 8.04. The van der Waals surface area contributed by atoms with Crippen LogP contribution in [-0.4, -0.2) is 30.8 Å². The molecule has 1 heterocycles. The van der Waals surface area contributed by atoms with Gasteiger partial charge >= 0.3 is 0 Å². The second-order valence-corrected chi connectivity index (χ2v) is 5.31. The Bertz CT molecular complexity index is 417. The van der Waals surface area contributed by atoms with E-state index in [1.807, 2.05) is 0 Å². The predicted octanol–water partition coefficient (Wildman–Crippen LogP) is 2.55. The molecular formula is C15H21NO. The third kappa shape index (κ3) is 2.27. The minimum absolute atomic E-state index is 0.238. The zero-order valence-electron chi connectivity index (χ0n) is 11.0. The van der Waals surface area contributed by atoms with Crippen molar-refractivity contribution in [1.29, 1.82) is 0 Å². The number of nitrogens with zero attached hydrogens (tertiary/aromatic N) is 1. The van der Waals surface area contributed by atoms with Crippen LogP contribution in [0.1, 0.15) is 30.9 Å². The van der Waals surface area contributed by atoms with Gasteiger partial charge in [0.05, 0.1) is 5.41 Å². The second-order valence-electron chi connectivity index (χ2n) is 5.31. The number of benzene rings is 1. The second kappa shape index (κ2) is 4.61. The van der Waals surface area contributed by atoms with Gasteiger partial charge in [-0.3, -0.25) is 4.79 Å². The van der Waals surface area contributed by atoms with E-state index in [0.29, 0.717) is 5.78 Å². The van der Waals surface area contributed by atoms with Gasteiger partial charge in [0.1, 0.15) is 5.78 Å². The number of carbonyl (C=O) groups is 1. The molecule has 1 saturated heterocycles. The molecule has 0 unspecified atom stereocenters. The largest absolute Gasteiger partial charge is 0.306 e. The van der Waals surface area contributed by atoms with Crippen LogP contribution in [0.2, 0.25) is 0 Å². The molecule has 0 spiro atoms. The monoisotopic (exact) mass is 231 g/mol. The van der Waals surface area contributed by atoms with Gasteiger partial charge in [0, 0.05) is 0 Å². The van der Waals surface area contributed by atoms with E-state index in [0.717, 1.165) is 25.9 Å². The maximum atomic E-state index is 12.1. The van der Waals surface area contributed by atoms with Crippen LogP contribution in [0.25, 0.3) is 0 Å². The number of rotatable bonds is 2. The van der Waals surface area contributed by atoms with Crippen molar-refractivity contribution in [2.75, 3.05) is 20.1 Å². The molecule has 2 rings (SSSR count). The van der Waals surface area contributed by atoms with Crippen LogP contribution in [-0.2, 0) is 10.2 Å². The van der Waals surface area contributed by atoms with Crippen molar-refractivity contribution in [3.05, 3.63) is 35.4 Å². The molecule has 0 bridgehead atoms. The molecule has 0 aromatic heterocycles. The van der Waals surface area contributed by atoms with Gasteiger partial charge in [-0.15, -0.1) is 0 Å². The van der Waals surface area contributed by atoms with Gasteiger partial charge < -0.3 is 4.90 Å². The normalized spacial score (nSPS) is 20.2. The van der Waals surface area contributed by atoms with Gasteiger partial charge in [-0.1, -0.05) is 29.8 Å². The maximum absolute atomic E-state index is 12.1. The van der Waals surface area contributed by atoms with E-state index in [2.05, 4.69) is 43.1 Å². The van der Waals surface area contributed by atoms with Gasteiger partial charge in [0.25, 0.3) is 0 Å². The summed E-state index contributed by atoms with van der Waals surface area (Å²) in [5, 5.41) is 0. The Balaban J connectivity index is 2.38. The van der Waals surface area contributed by atoms with E-state index in [1.165, 1.54) is 11.1 Å². The number of ketones is 1. The molecule has 0 atom stereocenters. The van der Waals surface area contributed by atoms with E-state index in [-0.39, 0.29) is 5.41 Å². The average Bonchev–Trinajstić information content (AvgIpc) is 2.30. The first-order valence-corrected chi connectivity index (χ1v) is 6.31. The molecule has 17 heavy (non-hydrogen) atoms. The lowest BCUT2D eigenvalue weighted by Crippen LogP contribution is -2.45. The minimum atomic E-state index is -0.238. The zero-order valence-corrected chi connectivity index (χ0v) is 11.0. The average molecular weight is 231 g/mol. The molecule has 0 N–H and O–H groups in total. The molecule has 0 aliphatic carbocycles. The molecule has 92 valence electrons. The summed E-state index contributed by atoms with van der Waals surface area (Å²) < 4.78 is 0. The highest BCUT2D eigenvalue weighted by molar-refractivity contribution is 5.88. The Morgan fingerprint density at radius 3 is 2.47 bits per heavy atom. The predicted molar refractivity (Wildman–Crippen MR) is 70.3 cm³/mol. The Hall–Kier alpha value is -1.15. The molecule has 2 nitrogen and oxygen atoms in total. The highest BCUT2D eigenvalue weighted by Crippen LogP contribution is 2.36. The number of hydrogen-bond acceptors (Lipinski definition) is 2. The van der Waals surface area contributed by atoms with Crippen molar-refractivity contribution in [1.82, 2.24) is 4.90 Å². The van der Waals surface area contributed by atoms with E-state index in [1.54, 1.807) is 6.92 Å². The molecule has 0 saturated carbocycles. The summed E-state index contributed by atoms with van der Waals surface area (Å²) in [5.41, 5.74) is 2.21. The van der Waals surface area contributed by atoms with Crippen molar-refractivity contribution in [2.45, 2.75) is 32.1 Å². The smallest absolute Gasteiger partial charge is 0.140 e. The van der Waals surface area contributed by atoms with E-state index < -0.39 is 0 Å². The number of Topliss-reactive ketones (excluding diaryl/α,β-unsaturated/α-hetero) is 1. The number of piperidine rings is 1. The van der Waals surface area contributed by atoms with Crippen LogP contribution < -0.4 is 0 Å². The van der Waals surface area contributed by atoms with Crippen molar-refractivity contribution in [3.8, 4) is 0 Å². The lowest BCUT2D eigenvalue weighted by molar-refractivity contribution is -0.124. The van der Waals surface area contributed by atoms with Gasteiger partial charge in [0.2, 0.25) is 0 Å². The Morgan fingerprint density at radius 1 is 1.29 bits per heavy atom. The van der Waals surface area contributed by atoms with Crippen LogP contribution in [0.4, 0.5) is 0 Å². The molecule has 1 aromatic carbocycles. The summed E-state index contributed by atoms with van der Waals surface area (Å²) >= 11 is 0. The SMILES string of the molecule is CC(=O)C1(c2cccc(C)c2)CCN(C)CC1. The Kier molecular flexibility index (Phi) is 3.34. The molecule has 1 aliphatic rings. The molecule has 1 aliphatic heterocycles. The van der Waals surface area contributed by atoms with Crippen LogP contribution in [0, 0.1) is 6.92 Å². The molecule has 1 aromatic rings. The lowest BCUT2D eigenvalue weighted by Gasteiger charge is -2.39. The summed E-state index contributed by atoms with van der Waals surface area (Å²) in [4.78, 5) is 14.4. The fraction of sp³-hybridized carbons (Fsp3) is 0.533. The van der Waals surface area contributed by atoms with Crippen molar-refractivity contribution >= 4 is 5.78 Å². The van der Waals surface area contributed by atoms with E-state index >= 15 is 0 Å². The number of carbonyl (C=O) groups excluding carboxylic acids is 1. The fourth-order valence-corrected chi connectivity index (χ4v) is 2.79. The number of likely N-dealkylation sites (tertiary alicyclic amines) is 1. The first-order valence-electron chi connectivity index (χ1n) is 6.31. The van der Waals surface area contributed by atoms with Crippen molar-refractivity contribution < 1.29 is 4.79 Å². The van der Waals surface area contributed by atoms with Crippen LogP contribution >= 0.6 is 0 Å². The Labute approximate surface area is 104 Å². The molecule has 0 amide bonds. The van der Waals surface area contributed by atoms with Crippen molar-refractivity contribution in [3.63, 3.8) is 0 Å². The molecule has 1 fully saturated rings. The summed E-state index contributed by atoms with van der Waals surface area (Å²) in [6.45, 7) is 5.85. The quantitative estimate of drug-likeness (QED) is 0.779. The minimum Gasteiger partial charge on any atom is -0.306 e. The van der Waals surface area contributed by atoms with Crippen molar-refractivity contribution in [2.24, 2.45) is 0 Å². The third-order valence-corrected chi connectivity index (χ3v) is 4.09. The molecule has 0 radical (unpaired) electrons. The highest BCUT2D eigenvalue weighted by Gasteiger charge is 2.39. The topological polar surface area (TPSA) is 20.3 Å². The van der Waals surface area contributed by atoms with Gasteiger partial charge in [-0.2, -0.15) is 0 Å². The lowest BCUT2D eigenvalue weighted by atomic mass is 9.70. The maximum Gasteiger partial charge on any atom is 0.140 e. The van der Waals surface area contributed by atoms with Crippen LogP contribution in [0.5, 0.6) is 0 Å². The Morgan fingerprint density at radius 2 is 1.94 bits per heavy atom. The summed E-state index contributed by atoms with van der Waals surface area (Å²) in [5.74, 6) is 0.316. The van der Waals surface area contributed by atoms with Crippen LogP contribution in [0.15, 0.2) is 24.3 Å². The first kappa shape index (κ1) is 12.3. The van der Waals surface area contributed by atoms with E-state index in [9.17, 15) is 4.79 Å². The zero-order chi connectivity index (χ0) is 12.5. The third-order valence-electron chi connectivity index (χ3n) is 4.09. The number of hydrogen-bond donors (Lipinski definition) is 0.